The normalized spacial score (nSPS) is 27.4. The van der Waals surface area contributed by atoms with Gasteiger partial charge in [0.2, 0.25) is 10.0 Å². The number of sulfonamides is 1. The summed E-state index contributed by atoms with van der Waals surface area (Å²) in [5.74, 6) is 0.329. The summed E-state index contributed by atoms with van der Waals surface area (Å²) >= 11 is 0. The van der Waals surface area contributed by atoms with Gasteiger partial charge in [-0.15, -0.1) is 0 Å². The van der Waals surface area contributed by atoms with E-state index in [0.717, 1.165) is 24.8 Å². The molecule has 120 valence electrons. The Bertz CT molecular complexity index is 799. The molecule has 3 nitrogen and oxygen atoms in total. The third-order valence-electron chi connectivity index (χ3n) is 5.30. The molecule has 2 saturated heterocycles. The second kappa shape index (κ2) is 5.46. The molecule has 2 heterocycles. The van der Waals surface area contributed by atoms with Crippen molar-refractivity contribution in [3.8, 4) is 0 Å². The van der Waals surface area contributed by atoms with Crippen LogP contribution in [-0.4, -0.2) is 24.8 Å². The zero-order chi connectivity index (χ0) is 16.0. The molecule has 3 atom stereocenters. The lowest BCUT2D eigenvalue weighted by atomic mass is 9.84. The van der Waals surface area contributed by atoms with Crippen LogP contribution in [0.25, 0.3) is 0 Å². The van der Waals surface area contributed by atoms with E-state index in [1.807, 2.05) is 37.3 Å². The number of nitrogens with zero attached hydrogens (tertiary/aromatic N) is 1. The summed E-state index contributed by atoms with van der Waals surface area (Å²) in [7, 11) is -3.40. The number of hydrogen-bond donors (Lipinski definition) is 0. The van der Waals surface area contributed by atoms with Crippen LogP contribution in [0.3, 0.4) is 0 Å². The van der Waals surface area contributed by atoms with Crippen molar-refractivity contribution in [1.82, 2.24) is 4.31 Å². The topological polar surface area (TPSA) is 37.4 Å². The summed E-state index contributed by atoms with van der Waals surface area (Å²) < 4.78 is 28.0. The molecule has 0 radical (unpaired) electrons. The van der Waals surface area contributed by atoms with Gasteiger partial charge in [-0.2, -0.15) is 4.31 Å². The Morgan fingerprint density at radius 1 is 0.957 bits per heavy atom. The van der Waals surface area contributed by atoms with Crippen molar-refractivity contribution < 1.29 is 8.42 Å². The van der Waals surface area contributed by atoms with Gasteiger partial charge in [0.25, 0.3) is 0 Å². The Kier molecular flexibility index (Phi) is 3.54. The Hall–Kier alpha value is -1.65. The molecular weight excluding hydrogens is 306 g/mol. The minimum Gasteiger partial charge on any atom is -0.207 e. The first-order valence-corrected chi connectivity index (χ1v) is 9.66. The molecule has 2 aromatic carbocycles. The molecule has 0 N–H and O–H groups in total. The fourth-order valence-corrected chi connectivity index (χ4v) is 6.12. The highest BCUT2D eigenvalue weighted by molar-refractivity contribution is 7.89. The standard InChI is InChI=1S/C19H21NO2S/c1-14-7-10-17(11-8-14)23(21,22)20-16-9-12-19(20)18(13-16)15-5-3-2-4-6-15/h2-8,10-11,16,18-19H,9,12-13H2,1H3/t16-,18-,19+/m1/s1. The number of aryl methyl sites for hydroxylation is 1. The van der Waals surface area contributed by atoms with Gasteiger partial charge in [0, 0.05) is 18.0 Å². The van der Waals surface area contributed by atoms with Crippen LogP contribution in [0.2, 0.25) is 0 Å². The van der Waals surface area contributed by atoms with Crippen LogP contribution in [0, 0.1) is 6.92 Å². The van der Waals surface area contributed by atoms with Gasteiger partial charge < -0.3 is 0 Å². The summed E-state index contributed by atoms with van der Waals surface area (Å²) in [4.78, 5) is 0.425. The first-order valence-electron chi connectivity index (χ1n) is 8.22. The zero-order valence-electron chi connectivity index (χ0n) is 13.2. The maximum absolute atomic E-state index is 13.1. The SMILES string of the molecule is Cc1ccc(S(=O)(=O)N2[C@@H]3CC[C@H]2[C@@H](c2ccccc2)C3)cc1. The van der Waals surface area contributed by atoms with Crippen LogP contribution >= 0.6 is 0 Å². The van der Waals surface area contributed by atoms with Crippen molar-refractivity contribution >= 4 is 10.0 Å². The zero-order valence-corrected chi connectivity index (χ0v) is 14.0. The maximum Gasteiger partial charge on any atom is 0.243 e. The predicted molar refractivity (Wildman–Crippen MR) is 90.8 cm³/mol. The molecule has 2 aromatic rings. The third-order valence-corrected chi connectivity index (χ3v) is 7.29. The highest BCUT2D eigenvalue weighted by Crippen LogP contribution is 2.49. The van der Waals surface area contributed by atoms with E-state index in [-0.39, 0.29) is 12.1 Å². The van der Waals surface area contributed by atoms with Crippen LogP contribution in [0.4, 0.5) is 0 Å². The average molecular weight is 327 g/mol. The molecule has 4 rings (SSSR count). The molecule has 0 unspecified atom stereocenters. The van der Waals surface area contributed by atoms with Crippen LogP contribution < -0.4 is 0 Å². The number of benzene rings is 2. The minimum atomic E-state index is -3.40. The van der Waals surface area contributed by atoms with E-state index in [9.17, 15) is 8.42 Å². The highest BCUT2D eigenvalue weighted by Gasteiger charge is 2.52. The lowest BCUT2D eigenvalue weighted by Crippen LogP contribution is -2.36. The molecule has 0 aliphatic carbocycles. The minimum absolute atomic E-state index is 0.105. The van der Waals surface area contributed by atoms with Crippen molar-refractivity contribution in [2.75, 3.05) is 0 Å². The first kappa shape index (κ1) is 14.9. The number of fused-ring (bicyclic) bond motifs is 2. The van der Waals surface area contributed by atoms with E-state index in [0.29, 0.717) is 10.8 Å². The van der Waals surface area contributed by atoms with Gasteiger partial charge >= 0.3 is 0 Å². The Morgan fingerprint density at radius 2 is 1.65 bits per heavy atom. The molecule has 23 heavy (non-hydrogen) atoms. The fraction of sp³-hybridized carbons (Fsp3) is 0.368. The van der Waals surface area contributed by atoms with E-state index >= 15 is 0 Å². The molecular formula is C19H21NO2S. The van der Waals surface area contributed by atoms with Crippen LogP contribution in [-0.2, 0) is 10.0 Å². The lowest BCUT2D eigenvalue weighted by Gasteiger charge is -2.24. The molecule has 2 aliphatic heterocycles. The van der Waals surface area contributed by atoms with Gasteiger partial charge in [-0.25, -0.2) is 8.42 Å². The molecule has 2 fully saturated rings. The van der Waals surface area contributed by atoms with Gasteiger partial charge in [0.05, 0.1) is 4.90 Å². The molecule has 2 aliphatic rings. The van der Waals surface area contributed by atoms with E-state index in [1.165, 1.54) is 5.56 Å². The molecule has 2 bridgehead atoms. The number of rotatable bonds is 3. The quantitative estimate of drug-likeness (QED) is 0.862. The Labute approximate surface area is 138 Å². The summed E-state index contributed by atoms with van der Waals surface area (Å²) in [5, 5.41) is 0. The maximum atomic E-state index is 13.1. The van der Waals surface area contributed by atoms with Crippen LogP contribution in [0.15, 0.2) is 59.5 Å². The molecule has 0 aromatic heterocycles. The van der Waals surface area contributed by atoms with Gasteiger partial charge in [0.15, 0.2) is 0 Å². The second-order valence-corrected chi connectivity index (χ2v) is 8.54. The van der Waals surface area contributed by atoms with Crippen molar-refractivity contribution in [2.45, 2.75) is 49.1 Å². The monoisotopic (exact) mass is 327 g/mol. The molecule has 0 amide bonds. The van der Waals surface area contributed by atoms with Crippen molar-refractivity contribution in [1.29, 1.82) is 0 Å². The third kappa shape index (κ3) is 2.41. The Morgan fingerprint density at radius 3 is 2.35 bits per heavy atom. The van der Waals surface area contributed by atoms with E-state index < -0.39 is 10.0 Å². The highest BCUT2D eigenvalue weighted by atomic mass is 32.2. The largest absolute Gasteiger partial charge is 0.243 e. The second-order valence-electron chi connectivity index (χ2n) is 6.70. The molecule has 4 heteroatoms. The average Bonchev–Trinajstić information content (AvgIpc) is 3.15. The number of hydrogen-bond acceptors (Lipinski definition) is 2. The van der Waals surface area contributed by atoms with Crippen LogP contribution in [0.1, 0.15) is 36.3 Å². The molecule has 0 saturated carbocycles. The van der Waals surface area contributed by atoms with E-state index in [4.69, 9.17) is 0 Å². The van der Waals surface area contributed by atoms with Crippen LogP contribution in [0.5, 0.6) is 0 Å². The lowest BCUT2D eigenvalue weighted by molar-refractivity contribution is 0.388. The van der Waals surface area contributed by atoms with Gasteiger partial charge in [-0.05, 0) is 43.9 Å². The van der Waals surface area contributed by atoms with Crippen molar-refractivity contribution in [3.05, 3.63) is 65.7 Å². The fourth-order valence-electron chi connectivity index (χ4n) is 4.20. The van der Waals surface area contributed by atoms with E-state index in [1.54, 1.807) is 16.4 Å². The van der Waals surface area contributed by atoms with Gasteiger partial charge in [-0.3, -0.25) is 0 Å². The summed E-state index contributed by atoms with van der Waals surface area (Å²) in [6, 6.07) is 17.8. The van der Waals surface area contributed by atoms with Crippen molar-refractivity contribution in [3.63, 3.8) is 0 Å². The Balaban J connectivity index is 1.69. The summed E-state index contributed by atoms with van der Waals surface area (Å²) in [6.07, 6.45) is 2.90. The van der Waals surface area contributed by atoms with Crippen molar-refractivity contribution in [2.24, 2.45) is 0 Å². The predicted octanol–water partition coefficient (Wildman–Crippen LogP) is 3.70. The first-order chi connectivity index (χ1) is 11.1. The van der Waals surface area contributed by atoms with Gasteiger partial charge in [-0.1, -0.05) is 48.0 Å². The summed E-state index contributed by atoms with van der Waals surface area (Å²) in [6.45, 7) is 1.97. The smallest absolute Gasteiger partial charge is 0.207 e. The molecule has 0 spiro atoms. The van der Waals surface area contributed by atoms with Gasteiger partial charge in [0.1, 0.15) is 0 Å². The summed E-state index contributed by atoms with van der Waals surface area (Å²) in [5.41, 5.74) is 2.35. The van der Waals surface area contributed by atoms with E-state index in [2.05, 4.69) is 12.1 Å².